The Morgan fingerprint density at radius 1 is 1.35 bits per heavy atom. The molecule has 1 aliphatic heterocycles. The standard InChI is InChI=1S/C13H18N2O2/c1-10(16)14-11-5-6-13(17-2)12(9-11)15-7-3-4-8-15/h5-6,9H,3-4,7-8H2,1-2H3,(H,14,16). The number of anilines is 2. The lowest BCUT2D eigenvalue weighted by molar-refractivity contribution is -0.114. The second-order valence-electron chi connectivity index (χ2n) is 4.26. The summed E-state index contributed by atoms with van der Waals surface area (Å²) in [5.41, 5.74) is 1.89. The fourth-order valence-electron chi connectivity index (χ4n) is 2.18. The highest BCUT2D eigenvalue weighted by atomic mass is 16.5. The van der Waals surface area contributed by atoms with Gasteiger partial charge in [-0.15, -0.1) is 0 Å². The Balaban J connectivity index is 2.28. The first kappa shape index (κ1) is 11.8. The van der Waals surface area contributed by atoms with Gasteiger partial charge in [0.25, 0.3) is 0 Å². The topological polar surface area (TPSA) is 41.6 Å². The first-order chi connectivity index (χ1) is 8.20. The summed E-state index contributed by atoms with van der Waals surface area (Å²) in [5.74, 6) is 0.809. The van der Waals surface area contributed by atoms with Crippen LogP contribution < -0.4 is 15.0 Å². The summed E-state index contributed by atoms with van der Waals surface area (Å²) in [6.07, 6.45) is 2.43. The normalized spacial score (nSPS) is 14.8. The predicted molar refractivity (Wildman–Crippen MR) is 68.7 cm³/mol. The molecule has 0 atom stereocenters. The molecule has 2 rings (SSSR count). The molecule has 1 saturated heterocycles. The van der Waals surface area contributed by atoms with Crippen molar-refractivity contribution < 1.29 is 9.53 Å². The number of rotatable bonds is 3. The number of carbonyl (C=O) groups excluding carboxylic acids is 1. The highest BCUT2D eigenvalue weighted by Gasteiger charge is 2.16. The van der Waals surface area contributed by atoms with Crippen LogP contribution in [-0.2, 0) is 4.79 Å². The van der Waals surface area contributed by atoms with Crippen LogP contribution in [0.3, 0.4) is 0 Å². The molecule has 1 heterocycles. The van der Waals surface area contributed by atoms with Crippen LogP contribution in [0.5, 0.6) is 5.75 Å². The Morgan fingerprint density at radius 2 is 2.06 bits per heavy atom. The van der Waals surface area contributed by atoms with Crippen molar-refractivity contribution in [3.8, 4) is 5.75 Å². The van der Waals surface area contributed by atoms with E-state index in [4.69, 9.17) is 4.74 Å². The molecule has 17 heavy (non-hydrogen) atoms. The van der Waals surface area contributed by atoms with Crippen LogP contribution >= 0.6 is 0 Å². The number of carbonyl (C=O) groups is 1. The number of amides is 1. The van der Waals surface area contributed by atoms with E-state index >= 15 is 0 Å². The number of nitrogens with one attached hydrogen (secondary N) is 1. The monoisotopic (exact) mass is 234 g/mol. The predicted octanol–water partition coefficient (Wildman–Crippen LogP) is 2.25. The van der Waals surface area contributed by atoms with Crippen LogP contribution in [0, 0.1) is 0 Å². The second-order valence-corrected chi connectivity index (χ2v) is 4.26. The van der Waals surface area contributed by atoms with E-state index in [9.17, 15) is 4.79 Å². The number of benzene rings is 1. The van der Waals surface area contributed by atoms with E-state index in [1.54, 1.807) is 7.11 Å². The van der Waals surface area contributed by atoms with Gasteiger partial charge in [-0.2, -0.15) is 0 Å². The summed E-state index contributed by atoms with van der Waals surface area (Å²) in [6.45, 7) is 3.62. The summed E-state index contributed by atoms with van der Waals surface area (Å²) >= 11 is 0. The van der Waals surface area contributed by atoms with Gasteiger partial charge in [0.1, 0.15) is 5.75 Å². The van der Waals surface area contributed by atoms with Gasteiger partial charge in [0.2, 0.25) is 5.91 Å². The minimum Gasteiger partial charge on any atom is -0.495 e. The van der Waals surface area contributed by atoms with Gasteiger partial charge in [0, 0.05) is 25.7 Å². The van der Waals surface area contributed by atoms with Crippen molar-refractivity contribution in [3.63, 3.8) is 0 Å². The molecule has 1 N–H and O–H groups in total. The summed E-state index contributed by atoms with van der Waals surface area (Å²) in [7, 11) is 1.67. The number of methoxy groups -OCH3 is 1. The summed E-state index contributed by atoms with van der Waals surface area (Å²) in [4.78, 5) is 13.3. The van der Waals surface area contributed by atoms with E-state index in [1.165, 1.54) is 19.8 Å². The number of hydrogen-bond acceptors (Lipinski definition) is 3. The SMILES string of the molecule is COc1ccc(NC(C)=O)cc1N1CCCC1. The Morgan fingerprint density at radius 3 is 2.65 bits per heavy atom. The van der Waals surface area contributed by atoms with E-state index in [2.05, 4.69) is 10.2 Å². The van der Waals surface area contributed by atoms with Gasteiger partial charge in [-0.3, -0.25) is 4.79 Å². The van der Waals surface area contributed by atoms with Gasteiger partial charge in [-0.25, -0.2) is 0 Å². The summed E-state index contributed by atoms with van der Waals surface area (Å²) in [6, 6.07) is 5.74. The lowest BCUT2D eigenvalue weighted by Gasteiger charge is -2.21. The first-order valence-electron chi connectivity index (χ1n) is 5.91. The average Bonchev–Trinajstić information content (AvgIpc) is 2.81. The smallest absolute Gasteiger partial charge is 0.221 e. The van der Waals surface area contributed by atoms with Crippen LogP contribution in [0.25, 0.3) is 0 Å². The molecule has 1 fully saturated rings. The molecule has 0 radical (unpaired) electrons. The molecule has 1 amide bonds. The van der Waals surface area contributed by atoms with E-state index in [0.717, 1.165) is 30.2 Å². The van der Waals surface area contributed by atoms with Crippen molar-refractivity contribution in [2.45, 2.75) is 19.8 Å². The van der Waals surface area contributed by atoms with Crippen molar-refractivity contribution in [2.24, 2.45) is 0 Å². The molecule has 0 saturated carbocycles. The summed E-state index contributed by atoms with van der Waals surface area (Å²) in [5, 5.41) is 2.80. The molecule has 0 aliphatic carbocycles. The molecule has 0 unspecified atom stereocenters. The van der Waals surface area contributed by atoms with Crippen molar-refractivity contribution in [1.29, 1.82) is 0 Å². The van der Waals surface area contributed by atoms with Crippen molar-refractivity contribution >= 4 is 17.3 Å². The van der Waals surface area contributed by atoms with Crippen LogP contribution in [0.2, 0.25) is 0 Å². The zero-order valence-electron chi connectivity index (χ0n) is 10.3. The van der Waals surface area contributed by atoms with Gasteiger partial charge in [-0.1, -0.05) is 0 Å². The molecular weight excluding hydrogens is 216 g/mol. The number of hydrogen-bond donors (Lipinski definition) is 1. The Bertz CT molecular complexity index is 412. The fraction of sp³-hybridized carbons (Fsp3) is 0.462. The molecule has 1 aliphatic rings. The quantitative estimate of drug-likeness (QED) is 0.872. The van der Waals surface area contributed by atoms with Gasteiger partial charge in [0.05, 0.1) is 12.8 Å². The third kappa shape index (κ3) is 2.70. The van der Waals surface area contributed by atoms with Crippen LogP contribution in [0.15, 0.2) is 18.2 Å². The molecule has 0 aromatic heterocycles. The van der Waals surface area contributed by atoms with E-state index in [1.807, 2.05) is 18.2 Å². The highest BCUT2D eigenvalue weighted by Crippen LogP contribution is 2.33. The molecule has 0 bridgehead atoms. The van der Waals surface area contributed by atoms with Crippen LogP contribution in [-0.4, -0.2) is 26.1 Å². The number of ether oxygens (including phenoxy) is 1. The molecule has 0 spiro atoms. The molecule has 1 aromatic rings. The number of nitrogens with zero attached hydrogens (tertiary/aromatic N) is 1. The van der Waals surface area contributed by atoms with Crippen molar-refractivity contribution in [2.75, 3.05) is 30.4 Å². The maximum Gasteiger partial charge on any atom is 0.221 e. The maximum absolute atomic E-state index is 11.0. The average molecular weight is 234 g/mol. The van der Waals surface area contributed by atoms with Crippen molar-refractivity contribution in [1.82, 2.24) is 0 Å². The van der Waals surface area contributed by atoms with Gasteiger partial charge >= 0.3 is 0 Å². The molecule has 1 aromatic carbocycles. The lowest BCUT2D eigenvalue weighted by Crippen LogP contribution is -2.18. The lowest BCUT2D eigenvalue weighted by atomic mass is 10.2. The Kier molecular flexibility index (Phi) is 3.52. The van der Waals surface area contributed by atoms with Gasteiger partial charge in [-0.05, 0) is 31.0 Å². The first-order valence-corrected chi connectivity index (χ1v) is 5.91. The Labute approximate surface area is 102 Å². The molecule has 4 heteroatoms. The largest absolute Gasteiger partial charge is 0.495 e. The van der Waals surface area contributed by atoms with E-state index < -0.39 is 0 Å². The van der Waals surface area contributed by atoms with Crippen molar-refractivity contribution in [3.05, 3.63) is 18.2 Å². The van der Waals surface area contributed by atoms with Gasteiger partial charge in [0.15, 0.2) is 0 Å². The zero-order valence-corrected chi connectivity index (χ0v) is 10.3. The minimum absolute atomic E-state index is 0.0532. The third-order valence-corrected chi connectivity index (χ3v) is 2.95. The minimum atomic E-state index is -0.0532. The van der Waals surface area contributed by atoms with Crippen LogP contribution in [0.1, 0.15) is 19.8 Å². The van der Waals surface area contributed by atoms with E-state index in [0.29, 0.717) is 0 Å². The molecule has 92 valence electrons. The molecular formula is C13H18N2O2. The van der Waals surface area contributed by atoms with E-state index in [-0.39, 0.29) is 5.91 Å². The zero-order chi connectivity index (χ0) is 12.3. The van der Waals surface area contributed by atoms with Crippen LogP contribution in [0.4, 0.5) is 11.4 Å². The summed E-state index contributed by atoms with van der Waals surface area (Å²) < 4.78 is 5.36. The molecule has 4 nitrogen and oxygen atoms in total. The maximum atomic E-state index is 11.0. The fourth-order valence-corrected chi connectivity index (χ4v) is 2.18. The van der Waals surface area contributed by atoms with Gasteiger partial charge < -0.3 is 15.0 Å². The third-order valence-electron chi connectivity index (χ3n) is 2.95. The second kappa shape index (κ2) is 5.08. The Hall–Kier alpha value is -1.71. The highest BCUT2D eigenvalue weighted by molar-refractivity contribution is 5.89.